The van der Waals surface area contributed by atoms with E-state index in [0.717, 1.165) is 0 Å². The lowest BCUT2D eigenvalue weighted by Gasteiger charge is -2.17. The number of halogens is 3. The molecule has 0 aromatic heterocycles. The lowest BCUT2D eigenvalue weighted by molar-refractivity contribution is -0.386. The summed E-state index contributed by atoms with van der Waals surface area (Å²) in [4.78, 5) is 20.1. The van der Waals surface area contributed by atoms with Crippen molar-refractivity contribution in [2.75, 3.05) is 0 Å². The van der Waals surface area contributed by atoms with Crippen molar-refractivity contribution in [2.45, 2.75) is 18.6 Å². The maximum absolute atomic E-state index is 12.5. The molecule has 110 valence electrons. The third kappa shape index (κ3) is 3.35. The summed E-state index contributed by atoms with van der Waals surface area (Å²) in [6.45, 7) is 0. The Morgan fingerprint density at radius 2 is 2.00 bits per heavy atom. The normalized spacial score (nSPS) is 13.0. The number of alkyl halides is 3. The number of phenols is 1. The van der Waals surface area contributed by atoms with Gasteiger partial charge in [-0.15, -0.1) is 0 Å². The van der Waals surface area contributed by atoms with E-state index in [4.69, 9.17) is 10.8 Å². The summed E-state index contributed by atoms with van der Waals surface area (Å²) in [5.41, 5.74) is 2.65. The zero-order valence-corrected chi connectivity index (χ0v) is 9.72. The minimum absolute atomic E-state index is 0.267. The van der Waals surface area contributed by atoms with Gasteiger partial charge in [0.2, 0.25) is 0 Å². The molecule has 1 aromatic rings. The van der Waals surface area contributed by atoms with Gasteiger partial charge in [0.15, 0.2) is 5.75 Å². The van der Waals surface area contributed by atoms with Crippen molar-refractivity contribution in [3.05, 3.63) is 33.4 Å². The lowest BCUT2D eigenvalue weighted by Crippen LogP contribution is -2.28. The molecular formula is C10H9F3N2O5. The highest BCUT2D eigenvalue weighted by atomic mass is 19.4. The Bertz CT molecular complexity index is 559. The number of benzene rings is 1. The van der Waals surface area contributed by atoms with Crippen LogP contribution in [0.25, 0.3) is 0 Å². The van der Waals surface area contributed by atoms with Crippen molar-refractivity contribution in [2.24, 2.45) is 5.73 Å². The summed E-state index contributed by atoms with van der Waals surface area (Å²) in [6.07, 6.45) is -5.67. The van der Waals surface area contributed by atoms with E-state index in [-0.39, 0.29) is 5.56 Å². The van der Waals surface area contributed by atoms with E-state index >= 15 is 0 Å². The van der Waals surface area contributed by atoms with Crippen molar-refractivity contribution in [3.8, 4) is 5.75 Å². The van der Waals surface area contributed by atoms with Crippen LogP contribution in [0, 0.1) is 10.1 Å². The first kappa shape index (κ1) is 15.7. The second kappa shape index (κ2) is 5.33. The van der Waals surface area contributed by atoms with E-state index in [0.29, 0.717) is 12.1 Å². The van der Waals surface area contributed by atoms with Gasteiger partial charge in [-0.3, -0.25) is 14.9 Å². The maximum Gasteiger partial charge on any atom is 0.407 e. The van der Waals surface area contributed by atoms with Crippen molar-refractivity contribution < 1.29 is 33.1 Å². The smallest absolute Gasteiger partial charge is 0.407 e. The number of aliphatic carboxylic acids is 1. The van der Waals surface area contributed by atoms with Crippen molar-refractivity contribution >= 4 is 11.7 Å². The second-order valence-electron chi connectivity index (χ2n) is 3.90. The van der Waals surface area contributed by atoms with Gasteiger partial charge in [0, 0.05) is 11.6 Å². The predicted molar refractivity (Wildman–Crippen MR) is 59.1 cm³/mol. The van der Waals surface area contributed by atoms with Gasteiger partial charge in [0.1, 0.15) is 6.04 Å². The van der Waals surface area contributed by atoms with Gasteiger partial charge in [-0.2, -0.15) is 13.2 Å². The van der Waals surface area contributed by atoms with Crippen LogP contribution >= 0.6 is 0 Å². The Morgan fingerprint density at radius 3 is 2.40 bits per heavy atom. The Morgan fingerprint density at radius 1 is 1.45 bits per heavy atom. The Balaban J connectivity index is 3.45. The van der Waals surface area contributed by atoms with Gasteiger partial charge in [0.05, 0.1) is 11.3 Å². The molecule has 0 radical (unpaired) electrons. The Labute approximate surface area is 109 Å². The van der Waals surface area contributed by atoms with E-state index in [1.165, 1.54) is 0 Å². The van der Waals surface area contributed by atoms with Gasteiger partial charge in [-0.25, -0.2) is 0 Å². The minimum atomic E-state index is -4.94. The molecule has 0 heterocycles. The monoisotopic (exact) mass is 294 g/mol. The van der Waals surface area contributed by atoms with E-state index in [2.05, 4.69) is 0 Å². The second-order valence-corrected chi connectivity index (χ2v) is 3.90. The number of nitro benzene ring substituents is 1. The average molecular weight is 294 g/mol. The number of rotatable bonds is 4. The third-order valence-corrected chi connectivity index (χ3v) is 2.42. The minimum Gasteiger partial charge on any atom is -0.502 e. The highest BCUT2D eigenvalue weighted by Gasteiger charge is 2.41. The zero-order chi connectivity index (χ0) is 15.7. The van der Waals surface area contributed by atoms with Crippen LogP contribution in [0.3, 0.4) is 0 Å². The van der Waals surface area contributed by atoms with Gasteiger partial charge in [-0.05, 0) is 11.6 Å². The molecule has 0 aliphatic rings. The Kier molecular flexibility index (Phi) is 4.18. The first-order valence-corrected chi connectivity index (χ1v) is 5.08. The average Bonchev–Trinajstić information content (AvgIpc) is 2.28. The fraction of sp³-hybridized carbons (Fsp3) is 0.300. The number of hydrogen-bond acceptors (Lipinski definition) is 5. The molecule has 0 fully saturated rings. The molecule has 0 saturated heterocycles. The summed E-state index contributed by atoms with van der Waals surface area (Å²) in [5.74, 6) is -2.62. The molecule has 1 atom stereocenters. The number of nitro groups is 1. The van der Waals surface area contributed by atoms with Crippen LogP contribution in [0.15, 0.2) is 12.1 Å². The molecule has 0 aliphatic carbocycles. The quantitative estimate of drug-likeness (QED) is 0.570. The van der Waals surface area contributed by atoms with Gasteiger partial charge >= 0.3 is 17.8 Å². The molecule has 4 N–H and O–H groups in total. The summed E-state index contributed by atoms with van der Waals surface area (Å²) in [6, 6.07) is -1.28. The van der Waals surface area contributed by atoms with Gasteiger partial charge in [-0.1, -0.05) is 0 Å². The molecule has 0 bridgehead atoms. The molecule has 0 amide bonds. The molecule has 0 saturated carbocycles. The topological polar surface area (TPSA) is 127 Å². The first-order chi connectivity index (χ1) is 9.04. The number of nitrogens with zero attached hydrogens (tertiary/aromatic N) is 1. The number of carboxylic acids is 1. The number of phenolic OH excluding ortho intramolecular Hbond substituents is 1. The van der Waals surface area contributed by atoms with E-state index in [1.54, 1.807) is 0 Å². The van der Waals surface area contributed by atoms with Crippen LogP contribution < -0.4 is 5.73 Å². The highest BCUT2D eigenvalue weighted by molar-refractivity contribution is 5.71. The molecule has 0 aliphatic heterocycles. The number of aromatic hydroxyl groups is 1. The van der Waals surface area contributed by atoms with Crippen LogP contribution in [-0.4, -0.2) is 27.3 Å². The summed E-state index contributed by atoms with van der Waals surface area (Å²) >= 11 is 0. The molecule has 0 spiro atoms. The number of hydrogen-bond donors (Lipinski definition) is 3. The summed E-state index contributed by atoms with van der Waals surface area (Å²) in [5, 5.41) is 28.7. The fourth-order valence-corrected chi connectivity index (χ4v) is 1.53. The van der Waals surface area contributed by atoms with Crippen LogP contribution in [0.1, 0.15) is 17.2 Å². The maximum atomic E-state index is 12.5. The fourth-order valence-electron chi connectivity index (χ4n) is 1.53. The molecule has 10 heteroatoms. The number of carboxylic acid groups (broad SMARTS) is 1. The van der Waals surface area contributed by atoms with Crippen LogP contribution in [0.5, 0.6) is 5.75 Å². The number of nitrogens with two attached hydrogens (primary N) is 1. The largest absolute Gasteiger partial charge is 0.502 e. The van der Waals surface area contributed by atoms with Crippen molar-refractivity contribution in [3.63, 3.8) is 0 Å². The van der Waals surface area contributed by atoms with E-state index in [1.807, 2.05) is 0 Å². The molecule has 1 aromatic carbocycles. The van der Waals surface area contributed by atoms with E-state index in [9.17, 15) is 33.2 Å². The molecule has 7 nitrogen and oxygen atoms in total. The summed E-state index contributed by atoms with van der Waals surface area (Å²) in [7, 11) is 0. The van der Waals surface area contributed by atoms with Gasteiger partial charge < -0.3 is 15.9 Å². The van der Waals surface area contributed by atoms with Crippen LogP contribution in [-0.2, 0) is 11.2 Å². The SMILES string of the molecule is N[C@H](c1cc(CC(=O)O)cc([N+](=O)[O-])c1O)C(F)(F)F. The first-order valence-electron chi connectivity index (χ1n) is 5.08. The van der Waals surface area contributed by atoms with Crippen molar-refractivity contribution in [1.82, 2.24) is 0 Å². The molecule has 0 unspecified atom stereocenters. The lowest BCUT2D eigenvalue weighted by atomic mass is 10.00. The van der Waals surface area contributed by atoms with Crippen LogP contribution in [0.4, 0.5) is 18.9 Å². The third-order valence-electron chi connectivity index (χ3n) is 2.42. The number of carbonyl (C=O) groups is 1. The highest BCUT2D eigenvalue weighted by Crippen LogP contribution is 2.40. The Hall–Kier alpha value is -2.36. The van der Waals surface area contributed by atoms with E-state index < -0.39 is 46.5 Å². The predicted octanol–water partition coefficient (Wildman–Crippen LogP) is 1.49. The molecule has 1 rings (SSSR count). The summed E-state index contributed by atoms with van der Waals surface area (Å²) < 4.78 is 37.6. The van der Waals surface area contributed by atoms with Crippen LogP contribution in [0.2, 0.25) is 0 Å². The van der Waals surface area contributed by atoms with Gasteiger partial charge in [0.25, 0.3) is 0 Å². The standard InChI is InChI=1S/C10H9F3N2O5/c11-10(12,13)9(14)5-1-4(3-7(16)17)2-6(8(5)18)15(19)20/h1-2,9,18H,3,14H2,(H,16,17)/t9-/m1/s1. The van der Waals surface area contributed by atoms with Crippen molar-refractivity contribution in [1.29, 1.82) is 0 Å². The zero-order valence-electron chi connectivity index (χ0n) is 9.72. The molecule has 20 heavy (non-hydrogen) atoms. The molecular weight excluding hydrogens is 285 g/mol.